The average Bonchev–Trinajstić information content (AvgIpc) is 2.37. The standard InChI is InChI=1S/C13H26O10/c1-12(2,3)21-20-10(11(14)15)9(19-16-5)8-13(4,22-17-6)23-18-7/h9-10H,8H2,1-7H3,(H,14,15). The van der Waals surface area contributed by atoms with Gasteiger partial charge in [-0.15, -0.1) is 0 Å². The zero-order valence-corrected chi connectivity index (χ0v) is 14.5. The van der Waals surface area contributed by atoms with Crippen molar-refractivity contribution < 1.29 is 49.0 Å². The minimum Gasteiger partial charge on any atom is -0.479 e. The first-order chi connectivity index (χ1) is 10.6. The first kappa shape index (κ1) is 22.1. The van der Waals surface area contributed by atoms with Gasteiger partial charge in [0.25, 0.3) is 0 Å². The summed E-state index contributed by atoms with van der Waals surface area (Å²) in [6, 6.07) is 0. The highest BCUT2D eigenvalue weighted by molar-refractivity contribution is 5.73. The molecule has 1 N–H and O–H groups in total. The van der Waals surface area contributed by atoms with Crippen molar-refractivity contribution in [3.63, 3.8) is 0 Å². The molecule has 0 aliphatic carbocycles. The Bertz CT molecular complexity index is 334. The Balaban J connectivity index is 5.15. The first-order valence-electron chi connectivity index (χ1n) is 6.79. The fourth-order valence-electron chi connectivity index (χ4n) is 1.57. The normalized spacial score (nSPS) is 15.4. The largest absolute Gasteiger partial charge is 0.479 e. The van der Waals surface area contributed by atoms with Gasteiger partial charge in [-0.1, -0.05) is 0 Å². The van der Waals surface area contributed by atoms with E-state index in [4.69, 9.17) is 24.4 Å². The van der Waals surface area contributed by atoms with Crippen molar-refractivity contribution in [1.82, 2.24) is 0 Å². The van der Waals surface area contributed by atoms with Gasteiger partial charge in [0.1, 0.15) is 6.10 Å². The van der Waals surface area contributed by atoms with E-state index in [0.717, 1.165) is 0 Å². The topological polar surface area (TPSA) is 111 Å². The van der Waals surface area contributed by atoms with Crippen molar-refractivity contribution in [1.29, 1.82) is 0 Å². The van der Waals surface area contributed by atoms with Gasteiger partial charge in [-0.05, 0) is 27.7 Å². The van der Waals surface area contributed by atoms with Crippen LogP contribution >= 0.6 is 0 Å². The van der Waals surface area contributed by atoms with Crippen LogP contribution in [0.2, 0.25) is 0 Å². The van der Waals surface area contributed by atoms with Gasteiger partial charge in [0.05, 0.1) is 26.9 Å². The Hall–Kier alpha value is -0.850. The molecule has 0 aliphatic heterocycles. The maximum absolute atomic E-state index is 11.4. The quantitative estimate of drug-likeness (QED) is 0.317. The van der Waals surface area contributed by atoms with Gasteiger partial charge in [-0.2, -0.15) is 9.78 Å². The molecule has 0 spiro atoms. The molecule has 0 bridgehead atoms. The molecule has 23 heavy (non-hydrogen) atoms. The molecule has 0 radical (unpaired) electrons. The summed E-state index contributed by atoms with van der Waals surface area (Å²) in [5.74, 6) is -2.81. The lowest BCUT2D eigenvalue weighted by Crippen LogP contribution is -2.46. The minimum atomic E-state index is -1.52. The van der Waals surface area contributed by atoms with Gasteiger partial charge in [0, 0.05) is 6.42 Å². The maximum Gasteiger partial charge on any atom is 0.339 e. The fourth-order valence-corrected chi connectivity index (χ4v) is 1.57. The van der Waals surface area contributed by atoms with E-state index < -0.39 is 29.6 Å². The second kappa shape index (κ2) is 10.1. The van der Waals surface area contributed by atoms with Gasteiger partial charge in [-0.25, -0.2) is 34.1 Å². The molecule has 10 nitrogen and oxygen atoms in total. The van der Waals surface area contributed by atoms with Crippen LogP contribution < -0.4 is 0 Å². The Kier molecular flexibility index (Phi) is 9.73. The Labute approximate surface area is 135 Å². The molecule has 0 amide bonds. The van der Waals surface area contributed by atoms with E-state index in [1.807, 2.05) is 0 Å². The summed E-state index contributed by atoms with van der Waals surface area (Å²) in [6.45, 7) is 6.55. The molecule has 0 saturated heterocycles. The average molecular weight is 342 g/mol. The van der Waals surface area contributed by atoms with Crippen LogP contribution in [0.3, 0.4) is 0 Å². The van der Waals surface area contributed by atoms with Crippen molar-refractivity contribution in [3.05, 3.63) is 0 Å². The van der Waals surface area contributed by atoms with Gasteiger partial charge in [-0.3, -0.25) is 0 Å². The van der Waals surface area contributed by atoms with Crippen molar-refractivity contribution >= 4 is 5.97 Å². The van der Waals surface area contributed by atoms with Crippen LogP contribution in [-0.4, -0.2) is 56.0 Å². The van der Waals surface area contributed by atoms with Gasteiger partial charge < -0.3 is 5.11 Å². The molecule has 0 fully saturated rings. The zero-order valence-electron chi connectivity index (χ0n) is 14.5. The third-order valence-electron chi connectivity index (χ3n) is 2.29. The van der Waals surface area contributed by atoms with Crippen molar-refractivity contribution in [2.75, 3.05) is 21.3 Å². The van der Waals surface area contributed by atoms with Crippen molar-refractivity contribution in [2.24, 2.45) is 0 Å². The number of carboxylic acid groups (broad SMARTS) is 1. The van der Waals surface area contributed by atoms with Crippen molar-refractivity contribution in [2.45, 2.75) is 57.7 Å². The van der Waals surface area contributed by atoms with E-state index in [2.05, 4.69) is 14.7 Å². The molecular weight excluding hydrogens is 316 g/mol. The van der Waals surface area contributed by atoms with Crippen LogP contribution in [0.5, 0.6) is 0 Å². The van der Waals surface area contributed by atoms with E-state index >= 15 is 0 Å². The summed E-state index contributed by atoms with van der Waals surface area (Å²) in [5.41, 5.74) is -0.722. The van der Waals surface area contributed by atoms with Crippen LogP contribution in [0.1, 0.15) is 34.1 Å². The smallest absolute Gasteiger partial charge is 0.339 e. The van der Waals surface area contributed by atoms with Crippen LogP contribution in [0.25, 0.3) is 0 Å². The molecule has 2 atom stereocenters. The first-order valence-corrected chi connectivity index (χ1v) is 6.79. The van der Waals surface area contributed by atoms with E-state index in [9.17, 15) is 9.90 Å². The van der Waals surface area contributed by atoms with E-state index in [-0.39, 0.29) is 6.42 Å². The molecule has 0 heterocycles. The lowest BCUT2D eigenvalue weighted by atomic mass is 10.1. The molecule has 2 unspecified atom stereocenters. The maximum atomic E-state index is 11.4. The molecule has 0 aliphatic rings. The van der Waals surface area contributed by atoms with Crippen LogP contribution in [-0.2, 0) is 43.9 Å². The molecule has 0 aromatic rings. The van der Waals surface area contributed by atoms with E-state index in [0.29, 0.717) is 0 Å². The van der Waals surface area contributed by atoms with Crippen LogP contribution in [0.4, 0.5) is 0 Å². The fraction of sp³-hybridized carbons (Fsp3) is 0.923. The number of hydrogen-bond donors (Lipinski definition) is 1. The predicted octanol–water partition coefficient (Wildman–Crippen LogP) is 1.40. The summed E-state index contributed by atoms with van der Waals surface area (Å²) < 4.78 is 0. The lowest BCUT2D eigenvalue weighted by molar-refractivity contribution is -0.504. The van der Waals surface area contributed by atoms with Gasteiger partial charge in [0.15, 0.2) is 0 Å². The second-order valence-corrected chi connectivity index (χ2v) is 5.69. The summed E-state index contributed by atoms with van der Waals surface area (Å²) in [6.07, 6.45) is -2.85. The number of hydrogen-bond acceptors (Lipinski definition) is 9. The highest BCUT2D eigenvalue weighted by atomic mass is 17.3. The second-order valence-electron chi connectivity index (χ2n) is 5.69. The SMILES string of the molecule is COOC(CC(C)(OOC)OOC)C(OOC(C)(C)C)C(=O)O. The van der Waals surface area contributed by atoms with Gasteiger partial charge >= 0.3 is 5.97 Å². The molecular formula is C13H26O10. The van der Waals surface area contributed by atoms with Gasteiger partial charge in [0.2, 0.25) is 11.9 Å². The third kappa shape index (κ3) is 9.13. The Morgan fingerprint density at radius 2 is 1.43 bits per heavy atom. The Morgan fingerprint density at radius 1 is 0.913 bits per heavy atom. The molecule has 138 valence electrons. The highest BCUT2D eigenvalue weighted by Crippen LogP contribution is 2.25. The number of carboxylic acids is 1. The van der Waals surface area contributed by atoms with Crippen LogP contribution in [0, 0.1) is 0 Å². The summed E-state index contributed by atoms with van der Waals surface area (Å²) in [4.78, 5) is 50.1. The third-order valence-corrected chi connectivity index (χ3v) is 2.29. The molecule has 0 rings (SSSR count). The molecule has 0 aromatic heterocycles. The van der Waals surface area contributed by atoms with E-state index in [1.54, 1.807) is 20.8 Å². The van der Waals surface area contributed by atoms with Crippen LogP contribution in [0.15, 0.2) is 0 Å². The molecule has 10 heteroatoms. The zero-order chi connectivity index (χ0) is 18.1. The number of aliphatic carboxylic acids is 1. The minimum absolute atomic E-state index is 0.174. The summed E-state index contributed by atoms with van der Waals surface area (Å²) in [5, 5.41) is 9.34. The monoisotopic (exact) mass is 342 g/mol. The summed E-state index contributed by atoms with van der Waals surface area (Å²) in [7, 11) is 3.75. The predicted molar refractivity (Wildman–Crippen MR) is 74.4 cm³/mol. The van der Waals surface area contributed by atoms with Crippen molar-refractivity contribution in [3.8, 4) is 0 Å². The molecule has 0 aromatic carbocycles. The van der Waals surface area contributed by atoms with E-state index in [1.165, 1.54) is 28.3 Å². The Morgan fingerprint density at radius 3 is 1.78 bits per heavy atom. The molecule has 0 saturated carbocycles. The summed E-state index contributed by atoms with van der Waals surface area (Å²) >= 11 is 0. The lowest BCUT2D eigenvalue weighted by Gasteiger charge is -2.31. The highest BCUT2D eigenvalue weighted by Gasteiger charge is 2.42. The number of carbonyl (C=O) groups is 1. The number of rotatable bonds is 12.